The number of allylic oxidation sites excluding steroid dienone is 2. The fourth-order valence-electron chi connectivity index (χ4n) is 3.58. The number of carbonyl (C=O) groups excluding carboxylic acids is 1. The van der Waals surface area contributed by atoms with Gasteiger partial charge in [0.05, 0.1) is 11.6 Å². The third-order valence-electron chi connectivity index (χ3n) is 5.41. The highest BCUT2D eigenvalue weighted by Gasteiger charge is 2.31. The summed E-state index contributed by atoms with van der Waals surface area (Å²) in [6.45, 7) is 3.28. The van der Waals surface area contributed by atoms with Crippen LogP contribution in [0.2, 0.25) is 0 Å². The highest BCUT2D eigenvalue weighted by Crippen LogP contribution is 2.30. The Labute approximate surface area is 207 Å². The van der Waals surface area contributed by atoms with Gasteiger partial charge in [0.1, 0.15) is 5.70 Å². The Morgan fingerprint density at radius 1 is 0.972 bits per heavy atom. The molecule has 0 saturated carbocycles. The first-order chi connectivity index (χ1) is 17.2. The van der Waals surface area contributed by atoms with Crippen LogP contribution < -0.4 is 16.4 Å². The molecule has 0 saturated heterocycles. The second-order valence-electron chi connectivity index (χ2n) is 8.02. The second-order valence-corrected chi connectivity index (χ2v) is 8.02. The Morgan fingerprint density at radius 2 is 1.61 bits per heavy atom. The highest BCUT2D eigenvalue weighted by atomic mass is 19.4. The van der Waals surface area contributed by atoms with Crippen LogP contribution in [0.4, 0.5) is 24.5 Å². The molecule has 0 aliphatic rings. The molecule has 184 valence electrons. The van der Waals surface area contributed by atoms with Crippen molar-refractivity contribution >= 4 is 17.3 Å². The van der Waals surface area contributed by atoms with E-state index >= 15 is 0 Å². The van der Waals surface area contributed by atoms with Crippen molar-refractivity contribution in [3.05, 3.63) is 119 Å². The number of carbonyl (C=O) groups is 1. The number of benzene rings is 3. The van der Waals surface area contributed by atoms with E-state index < -0.39 is 17.7 Å². The van der Waals surface area contributed by atoms with E-state index in [0.29, 0.717) is 17.5 Å². The summed E-state index contributed by atoms with van der Waals surface area (Å²) < 4.78 is 39.6. The molecule has 1 atom stereocenters. The lowest BCUT2D eigenvalue weighted by Gasteiger charge is -2.17. The Balaban J connectivity index is 1.90. The van der Waals surface area contributed by atoms with Gasteiger partial charge >= 0.3 is 6.18 Å². The molecule has 5 nitrogen and oxygen atoms in total. The van der Waals surface area contributed by atoms with Crippen molar-refractivity contribution < 1.29 is 18.0 Å². The van der Waals surface area contributed by atoms with Crippen LogP contribution in [-0.4, -0.2) is 12.1 Å². The molecule has 0 aliphatic carbocycles. The first-order valence-electron chi connectivity index (χ1n) is 11.1. The minimum absolute atomic E-state index is 0.219. The average Bonchev–Trinajstić information content (AvgIpc) is 2.87. The van der Waals surface area contributed by atoms with Crippen LogP contribution >= 0.6 is 0 Å². The van der Waals surface area contributed by atoms with E-state index in [1.807, 2.05) is 36.4 Å². The van der Waals surface area contributed by atoms with Gasteiger partial charge in [0.2, 0.25) is 0 Å². The Morgan fingerprint density at radius 3 is 2.25 bits per heavy atom. The van der Waals surface area contributed by atoms with E-state index in [-0.39, 0.29) is 24.6 Å². The first-order valence-corrected chi connectivity index (χ1v) is 11.1. The minimum Gasteiger partial charge on any atom is -0.351 e. The van der Waals surface area contributed by atoms with Crippen molar-refractivity contribution in [2.45, 2.75) is 25.1 Å². The van der Waals surface area contributed by atoms with Gasteiger partial charge in [-0.15, -0.1) is 0 Å². The van der Waals surface area contributed by atoms with Gasteiger partial charge in [0.15, 0.2) is 0 Å². The quantitative estimate of drug-likeness (QED) is 0.244. The van der Waals surface area contributed by atoms with Crippen molar-refractivity contribution in [3.8, 4) is 6.07 Å². The Kier molecular flexibility index (Phi) is 8.66. The second kappa shape index (κ2) is 11.9. The maximum Gasteiger partial charge on any atom is 0.415 e. The lowest BCUT2D eigenvalue weighted by Crippen LogP contribution is -2.22. The molecule has 0 bridgehead atoms. The molecule has 0 aromatic heterocycles. The van der Waals surface area contributed by atoms with Crippen LogP contribution in [-0.2, 0) is 11.3 Å². The third-order valence-corrected chi connectivity index (χ3v) is 5.41. The zero-order valence-corrected chi connectivity index (χ0v) is 19.3. The van der Waals surface area contributed by atoms with Crippen LogP contribution in [0.3, 0.4) is 0 Å². The van der Waals surface area contributed by atoms with Crippen LogP contribution in [0.5, 0.6) is 0 Å². The van der Waals surface area contributed by atoms with Gasteiger partial charge in [0.25, 0.3) is 5.91 Å². The normalized spacial score (nSPS) is 12.4. The SMILES string of the molecule is C=C(/C=C(\Nc1cccc(CN)c1)C(=O)Nc1cccc(C(CC#N)c2ccccc2)c1)C(F)(F)F. The molecule has 3 aromatic rings. The van der Waals surface area contributed by atoms with Gasteiger partial charge in [-0.25, -0.2) is 0 Å². The van der Waals surface area contributed by atoms with Crippen LogP contribution in [0, 0.1) is 11.3 Å². The summed E-state index contributed by atoms with van der Waals surface area (Å²) in [7, 11) is 0. The molecule has 0 spiro atoms. The van der Waals surface area contributed by atoms with Crippen LogP contribution in [0.15, 0.2) is 103 Å². The number of anilines is 2. The van der Waals surface area contributed by atoms with Crippen molar-refractivity contribution in [3.63, 3.8) is 0 Å². The van der Waals surface area contributed by atoms with E-state index in [9.17, 15) is 23.2 Å². The molecule has 4 N–H and O–H groups in total. The summed E-state index contributed by atoms with van der Waals surface area (Å²) in [5, 5.41) is 14.7. The summed E-state index contributed by atoms with van der Waals surface area (Å²) in [5.74, 6) is -1.02. The standard InChI is InChI=1S/C28H25F3N4O/c1-19(28(29,30)31)15-26(34-23-11-5-7-20(16-23)18-33)27(36)35-24-12-6-10-22(17-24)25(13-14-32)21-8-3-2-4-9-21/h2-12,15-17,25,34H,1,13,18,33H2,(H,35,36)/b26-15-. The molecular weight excluding hydrogens is 465 g/mol. The number of nitrogens with zero attached hydrogens (tertiary/aromatic N) is 1. The summed E-state index contributed by atoms with van der Waals surface area (Å²) in [5.41, 5.74) is 7.37. The maximum atomic E-state index is 13.2. The fraction of sp³-hybridized carbons (Fsp3) is 0.143. The zero-order chi connectivity index (χ0) is 26.1. The molecule has 0 heterocycles. The topological polar surface area (TPSA) is 90.9 Å². The van der Waals surface area contributed by atoms with Gasteiger partial charge in [0, 0.05) is 30.3 Å². The predicted molar refractivity (Wildman–Crippen MR) is 135 cm³/mol. The summed E-state index contributed by atoms with van der Waals surface area (Å²) >= 11 is 0. The highest BCUT2D eigenvalue weighted by molar-refractivity contribution is 6.06. The number of hydrogen-bond acceptors (Lipinski definition) is 4. The number of nitrogens with two attached hydrogens (primary N) is 1. The zero-order valence-electron chi connectivity index (χ0n) is 19.3. The lowest BCUT2D eigenvalue weighted by molar-refractivity contribution is -0.112. The Bertz CT molecular complexity index is 1290. The van der Waals surface area contributed by atoms with Gasteiger partial charge in [-0.3, -0.25) is 4.79 Å². The van der Waals surface area contributed by atoms with Crippen LogP contribution in [0.25, 0.3) is 0 Å². The molecule has 1 unspecified atom stereocenters. The third kappa shape index (κ3) is 7.08. The molecule has 0 fully saturated rings. The number of halogens is 3. The van der Waals surface area contributed by atoms with Gasteiger partial charge in [-0.05, 0) is 47.0 Å². The number of alkyl halides is 3. The average molecular weight is 491 g/mol. The Hall–Kier alpha value is -4.35. The number of hydrogen-bond donors (Lipinski definition) is 3. The molecule has 1 amide bonds. The smallest absolute Gasteiger partial charge is 0.351 e. The van der Waals surface area contributed by atoms with Crippen molar-refractivity contribution in [2.75, 3.05) is 10.6 Å². The van der Waals surface area contributed by atoms with Crippen molar-refractivity contribution in [1.29, 1.82) is 5.26 Å². The summed E-state index contributed by atoms with van der Waals surface area (Å²) in [6, 6.07) is 25.2. The first kappa shape index (κ1) is 26.3. The van der Waals surface area contributed by atoms with Gasteiger partial charge < -0.3 is 16.4 Å². The lowest BCUT2D eigenvalue weighted by atomic mass is 9.89. The van der Waals surface area contributed by atoms with E-state index in [0.717, 1.165) is 16.7 Å². The van der Waals surface area contributed by atoms with E-state index in [2.05, 4.69) is 23.3 Å². The summed E-state index contributed by atoms with van der Waals surface area (Å²) in [6.07, 6.45) is -3.82. The monoisotopic (exact) mass is 490 g/mol. The fourth-order valence-corrected chi connectivity index (χ4v) is 3.58. The molecule has 0 aliphatic heterocycles. The van der Waals surface area contributed by atoms with Crippen LogP contribution in [0.1, 0.15) is 29.0 Å². The molecular formula is C28H25F3N4O. The molecule has 8 heteroatoms. The number of rotatable bonds is 9. The molecule has 0 radical (unpaired) electrons. The maximum absolute atomic E-state index is 13.2. The number of nitrogens with one attached hydrogen (secondary N) is 2. The number of amides is 1. The molecule has 36 heavy (non-hydrogen) atoms. The van der Waals surface area contributed by atoms with Gasteiger partial charge in [-0.2, -0.15) is 18.4 Å². The predicted octanol–water partition coefficient (Wildman–Crippen LogP) is 6.24. The number of nitriles is 1. The van der Waals surface area contributed by atoms with E-state index in [1.165, 1.54) is 0 Å². The minimum atomic E-state index is -4.70. The largest absolute Gasteiger partial charge is 0.415 e. The van der Waals surface area contributed by atoms with E-state index in [1.54, 1.807) is 42.5 Å². The van der Waals surface area contributed by atoms with E-state index in [4.69, 9.17) is 5.73 Å². The van der Waals surface area contributed by atoms with Crippen molar-refractivity contribution in [1.82, 2.24) is 0 Å². The summed E-state index contributed by atoms with van der Waals surface area (Å²) in [4.78, 5) is 13.1. The van der Waals surface area contributed by atoms with Gasteiger partial charge in [-0.1, -0.05) is 61.2 Å². The van der Waals surface area contributed by atoms with Crippen molar-refractivity contribution in [2.24, 2.45) is 5.73 Å². The molecule has 3 rings (SSSR count). The molecule has 3 aromatic carbocycles.